The van der Waals surface area contributed by atoms with Crippen LogP contribution in [0.15, 0.2) is 41.1 Å². The monoisotopic (exact) mass is 337 g/mol. The van der Waals surface area contributed by atoms with Crippen molar-refractivity contribution >= 4 is 11.3 Å². The van der Waals surface area contributed by atoms with E-state index in [1.807, 2.05) is 19.2 Å². The van der Waals surface area contributed by atoms with E-state index in [0.29, 0.717) is 19.7 Å². The van der Waals surface area contributed by atoms with E-state index in [-0.39, 0.29) is 11.9 Å². The first-order chi connectivity index (χ1) is 11.0. The van der Waals surface area contributed by atoms with Crippen molar-refractivity contribution < 1.29 is 14.2 Å². The molecule has 0 fully saturated rings. The van der Waals surface area contributed by atoms with Crippen molar-refractivity contribution in [1.29, 1.82) is 0 Å². The number of benzene rings is 1. The number of halogens is 1. The van der Waals surface area contributed by atoms with E-state index in [2.05, 4.69) is 16.3 Å². The van der Waals surface area contributed by atoms with E-state index in [1.165, 1.54) is 17.7 Å². The van der Waals surface area contributed by atoms with Crippen molar-refractivity contribution in [3.8, 4) is 0 Å². The van der Waals surface area contributed by atoms with Crippen LogP contribution in [0.3, 0.4) is 0 Å². The zero-order valence-corrected chi connectivity index (χ0v) is 14.4. The molecule has 1 heterocycles. The summed E-state index contributed by atoms with van der Waals surface area (Å²) in [6.45, 7) is 6.15. The lowest BCUT2D eigenvalue weighted by molar-refractivity contribution is -0.0106. The molecule has 1 atom stereocenters. The molecule has 0 spiro atoms. The molecule has 0 radical (unpaired) electrons. The van der Waals surface area contributed by atoms with Gasteiger partial charge in [-0.15, -0.1) is 0 Å². The fourth-order valence-electron chi connectivity index (χ4n) is 2.33. The zero-order valence-electron chi connectivity index (χ0n) is 13.6. The summed E-state index contributed by atoms with van der Waals surface area (Å²) < 4.78 is 18.5. The lowest BCUT2D eigenvalue weighted by atomic mass is 10.2. The van der Waals surface area contributed by atoms with Crippen LogP contribution in [-0.4, -0.2) is 35.4 Å². The zero-order chi connectivity index (χ0) is 16.7. The average molecular weight is 337 g/mol. The van der Waals surface area contributed by atoms with Gasteiger partial charge in [0.1, 0.15) is 5.82 Å². The van der Waals surface area contributed by atoms with Crippen LogP contribution in [0.4, 0.5) is 4.39 Å². The molecule has 0 amide bonds. The van der Waals surface area contributed by atoms with Crippen LogP contribution in [0.1, 0.15) is 25.0 Å². The Morgan fingerprint density at radius 1 is 1.13 bits per heavy atom. The predicted octanol–water partition coefficient (Wildman–Crippen LogP) is 3.68. The van der Waals surface area contributed by atoms with Crippen molar-refractivity contribution in [3.05, 3.63) is 58.0 Å². The second kappa shape index (κ2) is 9.13. The average Bonchev–Trinajstić information content (AvgIpc) is 3.00. The number of ether oxygens (including phenoxy) is 1. The topological polar surface area (TPSA) is 32.7 Å². The Hall–Kier alpha value is -1.27. The highest BCUT2D eigenvalue weighted by Gasteiger charge is 2.14. The van der Waals surface area contributed by atoms with Gasteiger partial charge >= 0.3 is 0 Å². The molecule has 2 aromatic rings. The Balaban J connectivity index is 1.97. The number of hydrogen-bond acceptors (Lipinski definition) is 4. The molecular weight excluding hydrogens is 313 g/mol. The van der Waals surface area contributed by atoms with Gasteiger partial charge < -0.3 is 9.84 Å². The summed E-state index contributed by atoms with van der Waals surface area (Å²) >= 11 is 1.66. The van der Waals surface area contributed by atoms with Crippen LogP contribution in [0.25, 0.3) is 0 Å². The van der Waals surface area contributed by atoms with Crippen LogP contribution in [0.5, 0.6) is 0 Å². The van der Waals surface area contributed by atoms with Crippen LogP contribution < -0.4 is 0 Å². The van der Waals surface area contributed by atoms with E-state index in [9.17, 15) is 9.50 Å². The summed E-state index contributed by atoms with van der Waals surface area (Å²) in [5.74, 6) is -0.233. The smallest absolute Gasteiger partial charge is 0.123 e. The Kier molecular flexibility index (Phi) is 7.17. The highest BCUT2D eigenvalue weighted by atomic mass is 32.1. The van der Waals surface area contributed by atoms with Gasteiger partial charge in [0.2, 0.25) is 0 Å². The van der Waals surface area contributed by atoms with Crippen molar-refractivity contribution in [3.63, 3.8) is 0 Å². The molecule has 1 aromatic carbocycles. The van der Waals surface area contributed by atoms with Crippen molar-refractivity contribution in [2.45, 2.75) is 39.1 Å². The summed E-state index contributed by atoms with van der Waals surface area (Å²) in [4.78, 5) is 2.16. The fraction of sp³-hybridized carbons (Fsp3) is 0.444. The highest BCUT2D eigenvalue weighted by Crippen LogP contribution is 2.14. The minimum atomic E-state index is -0.545. The second-order valence-electron chi connectivity index (χ2n) is 5.96. The van der Waals surface area contributed by atoms with Gasteiger partial charge in [0.05, 0.1) is 18.8 Å². The molecule has 0 aliphatic rings. The highest BCUT2D eigenvalue weighted by molar-refractivity contribution is 7.07. The van der Waals surface area contributed by atoms with E-state index in [0.717, 1.165) is 12.1 Å². The minimum Gasteiger partial charge on any atom is -0.389 e. The van der Waals surface area contributed by atoms with E-state index < -0.39 is 6.10 Å². The molecule has 23 heavy (non-hydrogen) atoms. The first-order valence-corrected chi connectivity index (χ1v) is 8.74. The Bertz CT molecular complexity index is 557. The molecule has 0 unspecified atom stereocenters. The van der Waals surface area contributed by atoms with Crippen LogP contribution >= 0.6 is 11.3 Å². The standard InChI is InChI=1S/C18H24FNO2S/c1-14(2)22-12-18(21)11-20(10-16-7-8-23-13-16)9-15-3-5-17(19)6-4-15/h3-8,13-14,18,21H,9-12H2,1-2H3/t18-/m0/s1. The molecular formula is C18H24FNO2S. The third kappa shape index (κ3) is 6.79. The molecule has 1 aromatic heterocycles. The third-order valence-electron chi connectivity index (χ3n) is 3.40. The number of thiophene rings is 1. The van der Waals surface area contributed by atoms with Crippen molar-refractivity contribution in [2.24, 2.45) is 0 Å². The predicted molar refractivity (Wildman–Crippen MR) is 91.9 cm³/mol. The second-order valence-corrected chi connectivity index (χ2v) is 6.74. The molecule has 3 nitrogen and oxygen atoms in total. The third-order valence-corrected chi connectivity index (χ3v) is 4.13. The maximum atomic E-state index is 13.0. The molecule has 0 saturated carbocycles. The molecule has 0 saturated heterocycles. The molecule has 126 valence electrons. The van der Waals surface area contributed by atoms with Gasteiger partial charge in [0, 0.05) is 19.6 Å². The number of aliphatic hydroxyl groups excluding tert-OH is 1. The first-order valence-electron chi connectivity index (χ1n) is 7.80. The fourth-order valence-corrected chi connectivity index (χ4v) is 2.99. The number of aliphatic hydroxyl groups is 1. The Morgan fingerprint density at radius 2 is 1.83 bits per heavy atom. The minimum absolute atomic E-state index is 0.104. The van der Waals surface area contributed by atoms with Gasteiger partial charge in [-0.05, 0) is 53.9 Å². The number of rotatable bonds is 9. The first kappa shape index (κ1) is 18.1. The summed E-state index contributed by atoms with van der Waals surface area (Å²) in [5.41, 5.74) is 2.24. The maximum absolute atomic E-state index is 13.0. The molecule has 0 aliphatic heterocycles. The van der Waals surface area contributed by atoms with Crippen molar-refractivity contribution in [2.75, 3.05) is 13.2 Å². The van der Waals surface area contributed by atoms with Crippen LogP contribution in [-0.2, 0) is 17.8 Å². The molecule has 0 bridgehead atoms. The summed E-state index contributed by atoms with van der Waals surface area (Å²) in [7, 11) is 0. The van der Waals surface area contributed by atoms with E-state index in [1.54, 1.807) is 23.5 Å². The largest absolute Gasteiger partial charge is 0.389 e. The normalized spacial score (nSPS) is 13.0. The van der Waals surface area contributed by atoms with E-state index >= 15 is 0 Å². The molecule has 2 rings (SSSR count). The molecule has 0 aliphatic carbocycles. The maximum Gasteiger partial charge on any atom is 0.123 e. The lowest BCUT2D eigenvalue weighted by Gasteiger charge is -2.25. The van der Waals surface area contributed by atoms with Gasteiger partial charge in [0.25, 0.3) is 0 Å². The quantitative estimate of drug-likeness (QED) is 0.758. The van der Waals surface area contributed by atoms with Gasteiger partial charge in [0.15, 0.2) is 0 Å². The summed E-state index contributed by atoms with van der Waals surface area (Å²) in [5, 5.41) is 14.3. The van der Waals surface area contributed by atoms with Crippen LogP contribution in [0.2, 0.25) is 0 Å². The Morgan fingerprint density at radius 3 is 2.43 bits per heavy atom. The number of nitrogens with zero attached hydrogens (tertiary/aromatic N) is 1. The SMILES string of the molecule is CC(C)OC[C@@H](O)CN(Cc1ccc(F)cc1)Cc1ccsc1. The van der Waals surface area contributed by atoms with E-state index in [4.69, 9.17) is 4.74 Å². The number of hydrogen-bond donors (Lipinski definition) is 1. The van der Waals surface area contributed by atoms with Gasteiger partial charge in [-0.2, -0.15) is 11.3 Å². The van der Waals surface area contributed by atoms with Crippen molar-refractivity contribution in [1.82, 2.24) is 4.90 Å². The summed E-state index contributed by atoms with van der Waals surface area (Å²) in [6.07, 6.45) is -0.441. The molecule has 1 N–H and O–H groups in total. The molecule has 5 heteroatoms. The summed E-state index contributed by atoms with van der Waals surface area (Å²) in [6, 6.07) is 8.59. The Labute approximate surface area is 141 Å². The van der Waals surface area contributed by atoms with Gasteiger partial charge in [-0.25, -0.2) is 4.39 Å². The lowest BCUT2D eigenvalue weighted by Crippen LogP contribution is -2.34. The van der Waals surface area contributed by atoms with Gasteiger partial charge in [-0.3, -0.25) is 4.90 Å². The van der Waals surface area contributed by atoms with Crippen LogP contribution in [0, 0.1) is 5.82 Å². The van der Waals surface area contributed by atoms with Gasteiger partial charge in [-0.1, -0.05) is 12.1 Å².